The van der Waals surface area contributed by atoms with E-state index in [0.29, 0.717) is 30.7 Å². The number of pyridine rings is 1. The van der Waals surface area contributed by atoms with E-state index in [4.69, 9.17) is 10.5 Å². The molecule has 2 unspecified atom stereocenters. The van der Waals surface area contributed by atoms with E-state index in [9.17, 15) is 4.39 Å². The average molecular weight is 427 g/mol. The van der Waals surface area contributed by atoms with Crippen molar-refractivity contribution >= 4 is 16.9 Å². The molecular weight excluding hydrogens is 400 g/mol. The number of rotatable bonds is 4. The second-order valence-electron chi connectivity index (χ2n) is 8.54. The molecule has 0 spiro atoms. The van der Waals surface area contributed by atoms with E-state index >= 15 is 4.39 Å². The van der Waals surface area contributed by atoms with E-state index in [1.807, 2.05) is 0 Å². The minimum absolute atomic E-state index is 0.0242. The summed E-state index contributed by atoms with van der Waals surface area (Å²) in [6.07, 6.45) is 2.76. The number of hydrogen-bond acceptors (Lipinski definition) is 6. The van der Waals surface area contributed by atoms with Crippen LogP contribution in [0.15, 0.2) is 24.5 Å². The van der Waals surface area contributed by atoms with E-state index in [1.165, 1.54) is 6.07 Å². The first-order valence-electron chi connectivity index (χ1n) is 10.5. The molecule has 0 saturated carbocycles. The molecule has 1 aliphatic heterocycles. The predicted octanol–water partition coefficient (Wildman–Crippen LogP) is 4.28. The SMILES string of the molecule is CC(C)c1c(CN2C(C)COCC2C)cnc2c(F)cc(-c3nc(N)ncc3F)cc12. The first-order valence-corrected chi connectivity index (χ1v) is 10.5. The Morgan fingerprint density at radius 2 is 1.81 bits per heavy atom. The van der Waals surface area contributed by atoms with Crippen molar-refractivity contribution in [2.45, 2.75) is 52.2 Å². The number of halogens is 2. The molecule has 2 aromatic heterocycles. The molecule has 2 atom stereocenters. The summed E-state index contributed by atoms with van der Waals surface area (Å²) in [6, 6.07) is 3.53. The molecule has 3 heterocycles. The molecule has 0 aliphatic carbocycles. The zero-order chi connectivity index (χ0) is 22.3. The quantitative estimate of drug-likeness (QED) is 0.670. The molecule has 164 valence electrons. The van der Waals surface area contributed by atoms with E-state index < -0.39 is 11.6 Å². The minimum atomic E-state index is -0.654. The number of nitrogens with two attached hydrogens (primary N) is 1. The average Bonchev–Trinajstić information content (AvgIpc) is 2.71. The Kier molecular flexibility index (Phi) is 5.85. The highest BCUT2D eigenvalue weighted by Crippen LogP contribution is 2.34. The molecule has 8 heteroatoms. The molecule has 6 nitrogen and oxygen atoms in total. The lowest BCUT2D eigenvalue weighted by Crippen LogP contribution is -2.49. The molecule has 1 aliphatic rings. The molecule has 2 N–H and O–H groups in total. The molecule has 1 aromatic carbocycles. The normalized spacial score (nSPS) is 20.0. The van der Waals surface area contributed by atoms with Crippen molar-refractivity contribution in [1.82, 2.24) is 19.9 Å². The van der Waals surface area contributed by atoms with Gasteiger partial charge in [-0.3, -0.25) is 9.88 Å². The molecule has 0 bridgehead atoms. The van der Waals surface area contributed by atoms with Crippen LogP contribution >= 0.6 is 0 Å². The van der Waals surface area contributed by atoms with Crippen molar-refractivity contribution in [3.05, 3.63) is 47.3 Å². The third-order valence-electron chi connectivity index (χ3n) is 5.87. The number of anilines is 1. The highest BCUT2D eigenvalue weighted by molar-refractivity contribution is 5.88. The number of hydrogen-bond donors (Lipinski definition) is 1. The zero-order valence-corrected chi connectivity index (χ0v) is 18.2. The Morgan fingerprint density at radius 3 is 2.48 bits per heavy atom. The number of nitrogens with zero attached hydrogens (tertiary/aromatic N) is 4. The van der Waals surface area contributed by atoms with E-state index in [-0.39, 0.29) is 35.2 Å². The van der Waals surface area contributed by atoms with Gasteiger partial charge in [-0.15, -0.1) is 0 Å². The van der Waals surface area contributed by atoms with Gasteiger partial charge in [-0.1, -0.05) is 13.8 Å². The zero-order valence-electron chi connectivity index (χ0n) is 18.2. The van der Waals surface area contributed by atoms with Crippen LogP contribution in [0.4, 0.5) is 14.7 Å². The van der Waals surface area contributed by atoms with Gasteiger partial charge in [-0.25, -0.2) is 18.7 Å². The summed E-state index contributed by atoms with van der Waals surface area (Å²) in [7, 11) is 0. The van der Waals surface area contributed by atoms with Gasteiger partial charge in [0.1, 0.15) is 17.0 Å². The topological polar surface area (TPSA) is 77.2 Å². The lowest BCUT2D eigenvalue weighted by atomic mass is 9.91. The molecule has 0 amide bonds. The Balaban J connectivity index is 1.87. The van der Waals surface area contributed by atoms with Crippen LogP contribution in [0.5, 0.6) is 0 Å². The fourth-order valence-corrected chi connectivity index (χ4v) is 4.39. The number of benzene rings is 1. The molecule has 31 heavy (non-hydrogen) atoms. The summed E-state index contributed by atoms with van der Waals surface area (Å²) in [5, 5.41) is 0.660. The molecule has 1 fully saturated rings. The van der Waals surface area contributed by atoms with Crippen molar-refractivity contribution in [2.24, 2.45) is 0 Å². The third kappa shape index (κ3) is 4.09. The number of nitrogen functional groups attached to an aromatic ring is 1. The minimum Gasteiger partial charge on any atom is -0.378 e. The standard InChI is InChI=1S/C23H27F2N5O/c1-12(2)20-16(9-30-13(3)10-31-11-14(30)4)7-27-22-17(20)5-15(6-18(22)24)21-19(25)8-28-23(26)29-21/h5-8,12-14H,9-11H2,1-4H3,(H2,26,28,29). The third-order valence-corrected chi connectivity index (χ3v) is 5.87. The van der Waals surface area contributed by atoms with Crippen molar-refractivity contribution in [1.29, 1.82) is 0 Å². The summed E-state index contributed by atoms with van der Waals surface area (Å²) in [4.78, 5) is 14.5. The van der Waals surface area contributed by atoms with Gasteiger partial charge >= 0.3 is 0 Å². The number of morpholine rings is 1. The second kappa shape index (κ2) is 8.43. The van der Waals surface area contributed by atoms with Crippen LogP contribution in [-0.2, 0) is 11.3 Å². The molecule has 1 saturated heterocycles. The summed E-state index contributed by atoms with van der Waals surface area (Å²) >= 11 is 0. The largest absolute Gasteiger partial charge is 0.378 e. The predicted molar refractivity (Wildman–Crippen MR) is 116 cm³/mol. The lowest BCUT2D eigenvalue weighted by molar-refractivity contribution is -0.0411. The van der Waals surface area contributed by atoms with Crippen molar-refractivity contribution in [3.8, 4) is 11.3 Å². The van der Waals surface area contributed by atoms with Gasteiger partial charge in [0.2, 0.25) is 5.95 Å². The highest BCUT2D eigenvalue weighted by atomic mass is 19.1. The number of fused-ring (bicyclic) bond motifs is 1. The monoisotopic (exact) mass is 427 g/mol. The Morgan fingerprint density at radius 1 is 1.10 bits per heavy atom. The lowest BCUT2D eigenvalue weighted by Gasteiger charge is -2.39. The summed E-state index contributed by atoms with van der Waals surface area (Å²) in [5.74, 6) is -1.13. The molecule has 0 radical (unpaired) electrons. The van der Waals surface area contributed by atoms with Gasteiger partial charge in [-0.2, -0.15) is 0 Å². The van der Waals surface area contributed by atoms with Gasteiger partial charge in [-0.05, 0) is 43.0 Å². The fourth-order valence-electron chi connectivity index (χ4n) is 4.39. The Hall–Kier alpha value is -2.71. The number of aromatic nitrogens is 3. The Labute approximate surface area is 180 Å². The van der Waals surface area contributed by atoms with Crippen molar-refractivity contribution in [3.63, 3.8) is 0 Å². The summed E-state index contributed by atoms with van der Waals surface area (Å²) < 4.78 is 35.1. The van der Waals surface area contributed by atoms with E-state index in [1.54, 1.807) is 12.3 Å². The van der Waals surface area contributed by atoms with E-state index in [2.05, 4.69) is 47.5 Å². The van der Waals surface area contributed by atoms with Crippen LogP contribution < -0.4 is 5.73 Å². The molecule has 4 rings (SSSR count). The fraction of sp³-hybridized carbons (Fsp3) is 0.435. The van der Waals surface area contributed by atoms with Crippen LogP contribution in [0.2, 0.25) is 0 Å². The first kappa shape index (κ1) is 21.5. The molecular formula is C23H27F2N5O. The highest BCUT2D eigenvalue weighted by Gasteiger charge is 2.27. The van der Waals surface area contributed by atoms with Crippen LogP contribution in [0, 0.1) is 11.6 Å². The van der Waals surface area contributed by atoms with Gasteiger partial charge in [0.15, 0.2) is 5.82 Å². The maximum absolute atomic E-state index is 15.0. The van der Waals surface area contributed by atoms with Gasteiger partial charge in [0, 0.05) is 35.8 Å². The first-order chi connectivity index (χ1) is 14.8. The van der Waals surface area contributed by atoms with Crippen LogP contribution in [0.3, 0.4) is 0 Å². The maximum Gasteiger partial charge on any atom is 0.220 e. The maximum atomic E-state index is 15.0. The van der Waals surface area contributed by atoms with Gasteiger partial charge < -0.3 is 10.5 Å². The van der Waals surface area contributed by atoms with E-state index in [0.717, 1.165) is 17.3 Å². The van der Waals surface area contributed by atoms with Gasteiger partial charge in [0.25, 0.3) is 0 Å². The van der Waals surface area contributed by atoms with Crippen LogP contribution in [0.25, 0.3) is 22.2 Å². The van der Waals surface area contributed by atoms with Crippen molar-refractivity contribution in [2.75, 3.05) is 18.9 Å². The van der Waals surface area contributed by atoms with Crippen LogP contribution in [-0.4, -0.2) is 45.1 Å². The second-order valence-corrected chi connectivity index (χ2v) is 8.54. The smallest absolute Gasteiger partial charge is 0.220 e. The molecule has 3 aromatic rings. The summed E-state index contributed by atoms with van der Waals surface area (Å²) in [5.41, 5.74) is 8.22. The van der Waals surface area contributed by atoms with Gasteiger partial charge in [0.05, 0.1) is 19.4 Å². The van der Waals surface area contributed by atoms with Crippen LogP contribution in [0.1, 0.15) is 44.7 Å². The Bertz CT molecular complexity index is 1110. The number of ether oxygens (including phenoxy) is 1. The van der Waals surface area contributed by atoms with Crippen molar-refractivity contribution < 1.29 is 13.5 Å². The summed E-state index contributed by atoms with van der Waals surface area (Å²) in [6.45, 7) is 10.4.